The minimum Gasteiger partial charge on any atom is -0.329 e. The normalized spacial score (nSPS) is 11.4. The third kappa shape index (κ3) is 3.40. The highest BCUT2D eigenvalue weighted by molar-refractivity contribution is 5.97. The van der Waals surface area contributed by atoms with Crippen LogP contribution in [0.2, 0.25) is 0 Å². The quantitative estimate of drug-likeness (QED) is 0.583. The number of hydrazone groups is 1. The molecule has 128 valence electrons. The first kappa shape index (κ1) is 16.8. The molecule has 1 heterocycles. The zero-order valence-corrected chi connectivity index (χ0v) is 13.8. The van der Waals surface area contributed by atoms with Crippen LogP contribution in [0, 0.1) is 18.6 Å². The molecule has 3 aromatic rings. The molecule has 25 heavy (non-hydrogen) atoms. The Balaban J connectivity index is 1.77. The van der Waals surface area contributed by atoms with Crippen LogP contribution in [0.1, 0.15) is 28.7 Å². The molecule has 0 spiro atoms. The summed E-state index contributed by atoms with van der Waals surface area (Å²) in [7, 11) is 0. The molecule has 0 bridgehead atoms. The summed E-state index contributed by atoms with van der Waals surface area (Å²) < 4.78 is 28.4. The maximum Gasteiger partial charge on any atom is 0.271 e. The molecular weight excluding hydrogens is 326 g/mol. The Morgan fingerprint density at radius 2 is 2.08 bits per heavy atom. The molecule has 0 aliphatic rings. The smallest absolute Gasteiger partial charge is 0.271 e. The summed E-state index contributed by atoms with van der Waals surface area (Å²) in [6, 6.07) is 8.30. The second kappa shape index (κ2) is 6.80. The average Bonchev–Trinajstić information content (AvgIpc) is 2.90. The monoisotopic (exact) mass is 342 g/mol. The van der Waals surface area contributed by atoms with Crippen molar-refractivity contribution in [3.8, 4) is 0 Å². The number of hydrogen-bond donors (Lipinski definition) is 1. The Kier molecular flexibility index (Phi) is 4.56. The third-order valence-corrected chi connectivity index (χ3v) is 3.85. The van der Waals surface area contributed by atoms with Crippen LogP contribution in [0.25, 0.3) is 11.0 Å². The van der Waals surface area contributed by atoms with Crippen molar-refractivity contribution in [3.05, 3.63) is 65.0 Å². The Labute approximate surface area is 143 Å². The number of nitrogens with zero attached hydrogens (tertiary/aromatic N) is 3. The molecule has 1 N–H and O–H groups in total. The van der Waals surface area contributed by atoms with Crippen molar-refractivity contribution >= 4 is 23.2 Å². The Morgan fingerprint density at radius 1 is 1.28 bits per heavy atom. The summed E-state index contributed by atoms with van der Waals surface area (Å²) in [5.41, 5.74) is 4.47. The number of carbonyl (C=O) groups is 1. The summed E-state index contributed by atoms with van der Waals surface area (Å²) in [5.74, 6) is -0.988. The van der Waals surface area contributed by atoms with Gasteiger partial charge in [0.05, 0.1) is 17.2 Å². The van der Waals surface area contributed by atoms with E-state index < -0.39 is 17.5 Å². The highest BCUT2D eigenvalue weighted by atomic mass is 19.1. The highest BCUT2D eigenvalue weighted by Gasteiger charge is 2.10. The van der Waals surface area contributed by atoms with Gasteiger partial charge in [-0.3, -0.25) is 4.79 Å². The maximum absolute atomic E-state index is 13.5. The van der Waals surface area contributed by atoms with E-state index in [4.69, 9.17) is 0 Å². The third-order valence-electron chi connectivity index (χ3n) is 3.85. The summed E-state index contributed by atoms with van der Waals surface area (Å²) in [5, 5.41) is 3.71. The summed E-state index contributed by atoms with van der Waals surface area (Å²) in [6.45, 7) is 4.73. The minimum atomic E-state index is -0.750. The molecule has 3 rings (SSSR count). The number of nitrogens with one attached hydrogen (secondary N) is 1. The largest absolute Gasteiger partial charge is 0.329 e. The fourth-order valence-electron chi connectivity index (χ4n) is 2.62. The number of amides is 1. The van der Waals surface area contributed by atoms with Gasteiger partial charge in [0.1, 0.15) is 17.5 Å². The molecular formula is C18H16F2N4O. The van der Waals surface area contributed by atoms with Crippen LogP contribution in [0.4, 0.5) is 8.78 Å². The van der Waals surface area contributed by atoms with Crippen LogP contribution in [0.15, 0.2) is 41.5 Å². The van der Waals surface area contributed by atoms with Crippen molar-refractivity contribution in [2.24, 2.45) is 5.10 Å². The number of carbonyl (C=O) groups excluding carboxylic acids is 1. The van der Waals surface area contributed by atoms with Gasteiger partial charge in [0.2, 0.25) is 0 Å². The molecule has 5 nitrogen and oxygen atoms in total. The van der Waals surface area contributed by atoms with Crippen LogP contribution in [0.5, 0.6) is 0 Å². The number of rotatable bonds is 4. The fraction of sp³-hybridized carbons (Fsp3) is 0.167. The Bertz CT molecular complexity index is 979. The van der Waals surface area contributed by atoms with Crippen molar-refractivity contribution < 1.29 is 13.6 Å². The van der Waals surface area contributed by atoms with E-state index >= 15 is 0 Å². The summed E-state index contributed by atoms with van der Waals surface area (Å²) in [6.07, 6.45) is 1.13. The number of halogens is 2. The van der Waals surface area contributed by atoms with Gasteiger partial charge in [-0.1, -0.05) is 0 Å². The molecule has 0 aliphatic heterocycles. The molecule has 0 atom stereocenters. The molecule has 0 unspecified atom stereocenters. The minimum absolute atomic E-state index is 0.0782. The second-order valence-electron chi connectivity index (χ2n) is 5.47. The summed E-state index contributed by atoms with van der Waals surface area (Å²) >= 11 is 0. The molecule has 0 saturated heterocycles. The van der Waals surface area contributed by atoms with Crippen molar-refractivity contribution in [1.82, 2.24) is 15.0 Å². The SMILES string of the molecule is CCn1c(C)nc2cc(C(=O)NN=Cc3ccc(F)cc3F)ccc21. The lowest BCUT2D eigenvalue weighted by molar-refractivity contribution is 0.0955. The van der Waals surface area contributed by atoms with Gasteiger partial charge in [-0.15, -0.1) is 0 Å². The Morgan fingerprint density at radius 3 is 2.80 bits per heavy atom. The zero-order chi connectivity index (χ0) is 18.0. The number of hydrogen-bond acceptors (Lipinski definition) is 3. The predicted molar refractivity (Wildman–Crippen MR) is 91.6 cm³/mol. The number of imidazole rings is 1. The predicted octanol–water partition coefficient (Wildman–Crippen LogP) is 3.41. The molecule has 0 radical (unpaired) electrons. The average molecular weight is 342 g/mol. The van der Waals surface area contributed by atoms with Crippen molar-refractivity contribution in [1.29, 1.82) is 0 Å². The number of benzene rings is 2. The molecule has 0 aliphatic carbocycles. The van der Waals surface area contributed by atoms with E-state index in [1.807, 2.05) is 24.5 Å². The van der Waals surface area contributed by atoms with Gasteiger partial charge in [0.15, 0.2) is 0 Å². The van der Waals surface area contributed by atoms with E-state index in [0.717, 1.165) is 41.7 Å². The van der Waals surface area contributed by atoms with E-state index in [1.165, 1.54) is 6.07 Å². The number of fused-ring (bicyclic) bond motifs is 1. The Hall–Kier alpha value is -3.09. The van der Waals surface area contributed by atoms with Gasteiger partial charge >= 0.3 is 0 Å². The van der Waals surface area contributed by atoms with Crippen LogP contribution < -0.4 is 5.43 Å². The topological polar surface area (TPSA) is 59.3 Å². The number of aryl methyl sites for hydroxylation is 2. The van der Waals surface area contributed by atoms with Gasteiger partial charge in [-0.2, -0.15) is 5.10 Å². The molecule has 7 heteroatoms. The lowest BCUT2D eigenvalue weighted by Gasteiger charge is -2.03. The van der Waals surface area contributed by atoms with Crippen molar-refractivity contribution in [2.75, 3.05) is 0 Å². The highest BCUT2D eigenvalue weighted by Crippen LogP contribution is 2.17. The lowest BCUT2D eigenvalue weighted by atomic mass is 10.2. The summed E-state index contributed by atoms with van der Waals surface area (Å²) in [4.78, 5) is 16.6. The van der Waals surface area contributed by atoms with E-state index in [-0.39, 0.29) is 5.56 Å². The van der Waals surface area contributed by atoms with Gasteiger partial charge < -0.3 is 4.57 Å². The molecule has 1 aromatic heterocycles. The van der Waals surface area contributed by atoms with E-state index in [2.05, 4.69) is 15.5 Å². The molecule has 0 saturated carbocycles. The van der Waals surface area contributed by atoms with Crippen LogP contribution >= 0.6 is 0 Å². The second-order valence-corrected chi connectivity index (χ2v) is 5.47. The number of aromatic nitrogens is 2. The lowest BCUT2D eigenvalue weighted by Crippen LogP contribution is -2.17. The maximum atomic E-state index is 13.5. The van der Waals surface area contributed by atoms with Crippen molar-refractivity contribution in [2.45, 2.75) is 20.4 Å². The van der Waals surface area contributed by atoms with Crippen LogP contribution in [0.3, 0.4) is 0 Å². The van der Waals surface area contributed by atoms with Gasteiger partial charge in [0, 0.05) is 23.7 Å². The standard InChI is InChI=1S/C18H16F2N4O/c1-3-24-11(2)22-16-8-12(5-7-17(16)24)18(25)23-21-10-13-4-6-14(19)9-15(13)20/h4-10H,3H2,1-2H3,(H,23,25). The first-order chi connectivity index (χ1) is 12.0. The van der Waals surface area contributed by atoms with Gasteiger partial charge in [0.25, 0.3) is 5.91 Å². The molecule has 1 amide bonds. The molecule has 2 aromatic carbocycles. The van der Waals surface area contributed by atoms with Gasteiger partial charge in [-0.25, -0.2) is 19.2 Å². The van der Waals surface area contributed by atoms with Gasteiger partial charge in [-0.05, 0) is 44.2 Å². The zero-order valence-electron chi connectivity index (χ0n) is 13.8. The van der Waals surface area contributed by atoms with Crippen molar-refractivity contribution in [3.63, 3.8) is 0 Å². The molecule has 0 fully saturated rings. The van der Waals surface area contributed by atoms with E-state index in [0.29, 0.717) is 5.56 Å². The van der Waals surface area contributed by atoms with Crippen LogP contribution in [-0.2, 0) is 6.54 Å². The van der Waals surface area contributed by atoms with E-state index in [9.17, 15) is 13.6 Å². The van der Waals surface area contributed by atoms with E-state index in [1.54, 1.807) is 12.1 Å². The van der Waals surface area contributed by atoms with Crippen LogP contribution in [-0.4, -0.2) is 21.7 Å². The first-order valence-corrected chi connectivity index (χ1v) is 7.75. The first-order valence-electron chi connectivity index (χ1n) is 7.75. The fourth-order valence-corrected chi connectivity index (χ4v) is 2.62.